The van der Waals surface area contributed by atoms with Crippen molar-refractivity contribution in [3.05, 3.63) is 22.4 Å². The van der Waals surface area contributed by atoms with Gasteiger partial charge in [-0.25, -0.2) is 0 Å². The molecule has 4 heteroatoms. The molecule has 3 nitrogen and oxygen atoms in total. The molecule has 0 amide bonds. The molecular weight excluding hydrogens is 210 g/mol. The quantitative estimate of drug-likeness (QED) is 0.802. The lowest BCUT2D eigenvalue weighted by atomic mass is 9.88. The highest BCUT2D eigenvalue weighted by Crippen LogP contribution is 2.29. The van der Waals surface area contributed by atoms with Crippen molar-refractivity contribution in [2.24, 2.45) is 17.6 Å². The van der Waals surface area contributed by atoms with Gasteiger partial charge in [0, 0.05) is 4.88 Å². The van der Waals surface area contributed by atoms with Gasteiger partial charge >= 0.3 is 5.97 Å². The second-order valence-electron chi connectivity index (χ2n) is 3.83. The number of methoxy groups -OCH3 is 1. The lowest BCUT2D eigenvalue weighted by Gasteiger charge is -2.23. The van der Waals surface area contributed by atoms with E-state index in [1.54, 1.807) is 11.3 Å². The topological polar surface area (TPSA) is 52.3 Å². The fourth-order valence-electron chi connectivity index (χ4n) is 1.63. The molecule has 0 spiro atoms. The third-order valence-corrected chi connectivity index (χ3v) is 3.42. The first-order chi connectivity index (χ1) is 7.07. The molecule has 0 fully saturated rings. The Morgan fingerprint density at radius 2 is 2.20 bits per heavy atom. The average Bonchev–Trinajstić information content (AvgIpc) is 2.69. The number of esters is 1. The summed E-state index contributed by atoms with van der Waals surface area (Å²) in [7, 11) is 1.40. The lowest BCUT2D eigenvalue weighted by molar-refractivity contribution is -0.147. The minimum absolute atomic E-state index is 0.176. The van der Waals surface area contributed by atoms with E-state index < -0.39 is 0 Å². The predicted octanol–water partition coefficient (Wildman–Crippen LogP) is 2.19. The highest BCUT2D eigenvalue weighted by atomic mass is 32.1. The van der Waals surface area contributed by atoms with E-state index in [4.69, 9.17) is 10.5 Å². The number of thiophene rings is 1. The van der Waals surface area contributed by atoms with Crippen molar-refractivity contribution in [1.29, 1.82) is 0 Å². The second kappa shape index (κ2) is 5.28. The first-order valence-electron chi connectivity index (χ1n) is 4.94. The monoisotopic (exact) mass is 227 g/mol. The van der Waals surface area contributed by atoms with Crippen molar-refractivity contribution in [3.8, 4) is 0 Å². The second-order valence-corrected chi connectivity index (χ2v) is 4.81. The lowest BCUT2D eigenvalue weighted by Crippen LogP contribution is -2.32. The van der Waals surface area contributed by atoms with Crippen LogP contribution in [0.15, 0.2) is 17.5 Å². The largest absolute Gasteiger partial charge is 0.469 e. The van der Waals surface area contributed by atoms with Crippen molar-refractivity contribution in [3.63, 3.8) is 0 Å². The number of nitrogens with two attached hydrogens (primary N) is 1. The molecule has 0 aliphatic carbocycles. The summed E-state index contributed by atoms with van der Waals surface area (Å²) < 4.78 is 4.78. The van der Waals surface area contributed by atoms with Crippen LogP contribution in [-0.4, -0.2) is 13.1 Å². The molecule has 0 aliphatic heterocycles. The van der Waals surface area contributed by atoms with E-state index in [-0.39, 0.29) is 23.8 Å². The number of carbonyl (C=O) groups is 1. The van der Waals surface area contributed by atoms with E-state index in [1.165, 1.54) is 7.11 Å². The van der Waals surface area contributed by atoms with Gasteiger partial charge in [0.05, 0.1) is 19.1 Å². The Hall–Kier alpha value is -0.870. The molecule has 0 aromatic carbocycles. The maximum Gasteiger partial charge on any atom is 0.310 e. The summed E-state index contributed by atoms with van der Waals surface area (Å²) in [6, 6.07) is 3.62. The number of rotatable bonds is 4. The molecule has 2 atom stereocenters. The fraction of sp³-hybridized carbons (Fsp3) is 0.545. The zero-order valence-electron chi connectivity index (χ0n) is 9.27. The van der Waals surface area contributed by atoms with Crippen LogP contribution >= 0.6 is 11.3 Å². The van der Waals surface area contributed by atoms with Crippen LogP contribution in [0.4, 0.5) is 0 Å². The van der Waals surface area contributed by atoms with Gasteiger partial charge in [-0.1, -0.05) is 19.9 Å². The van der Waals surface area contributed by atoms with Gasteiger partial charge in [-0.05, 0) is 17.4 Å². The van der Waals surface area contributed by atoms with Crippen LogP contribution in [0.5, 0.6) is 0 Å². The highest BCUT2D eigenvalue weighted by molar-refractivity contribution is 7.10. The minimum atomic E-state index is -0.270. The molecule has 15 heavy (non-hydrogen) atoms. The Kier molecular flexibility index (Phi) is 4.29. The summed E-state index contributed by atoms with van der Waals surface area (Å²) in [6.45, 7) is 3.96. The summed E-state index contributed by atoms with van der Waals surface area (Å²) in [5.41, 5.74) is 6.07. The van der Waals surface area contributed by atoms with Gasteiger partial charge in [-0.15, -0.1) is 11.3 Å². The SMILES string of the molecule is COC(=O)C(C(C)C)C(N)c1cccs1. The predicted molar refractivity (Wildman–Crippen MR) is 61.6 cm³/mol. The van der Waals surface area contributed by atoms with Crippen LogP contribution in [0, 0.1) is 11.8 Å². The van der Waals surface area contributed by atoms with Crippen molar-refractivity contribution in [1.82, 2.24) is 0 Å². The molecule has 0 aliphatic rings. The van der Waals surface area contributed by atoms with Gasteiger partial charge in [-0.3, -0.25) is 4.79 Å². The number of hydrogen-bond donors (Lipinski definition) is 1. The first kappa shape index (κ1) is 12.2. The molecule has 2 unspecified atom stereocenters. The average molecular weight is 227 g/mol. The summed E-state index contributed by atoms with van der Waals surface area (Å²) in [5.74, 6) is -0.325. The van der Waals surface area contributed by atoms with Gasteiger partial charge in [0.2, 0.25) is 0 Å². The Labute approximate surface area is 94.2 Å². The van der Waals surface area contributed by atoms with Gasteiger partial charge in [0.25, 0.3) is 0 Å². The smallest absolute Gasteiger partial charge is 0.310 e. The van der Waals surface area contributed by atoms with Crippen LogP contribution in [0.3, 0.4) is 0 Å². The summed E-state index contributed by atoms with van der Waals surface area (Å²) in [6.07, 6.45) is 0. The Morgan fingerprint density at radius 3 is 2.60 bits per heavy atom. The maximum atomic E-state index is 11.6. The van der Waals surface area contributed by atoms with Crippen molar-refractivity contribution in [2.45, 2.75) is 19.9 Å². The number of hydrogen-bond acceptors (Lipinski definition) is 4. The van der Waals surface area contributed by atoms with E-state index in [2.05, 4.69) is 0 Å². The molecule has 1 aromatic rings. The maximum absolute atomic E-state index is 11.6. The number of ether oxygens (including phenoxy) is 1. The molecule has 0 bridgehead atoms. The van der Waals surface area contributed by atoms with Crippen LogP contribution < -0.4 is 5.73 Å². The third-order valence-electron chi connectivity index (χ3n) is 2.45. The van der Waals surface area contributed by atoms with Crippen LogP contribution in [-0.2, 0) is 9.53 Å². The molecule has 0 saturated carbocycles. The van der Waals surface area contributed by atoms with E-state index in [0.717, 1.165) is 4.88 Å². The van der Waals surface area contributed by atoms with Gasteiger partial charge < -0.3 is 10.5 Å². The van der Waals surface area contributed by atoms with Crippen molar-refractivity contribution in [2.75, 3.05) is 7.11 Å². The molecule has 0 radical (unpaired) electrons. The van der Waals surface area contributed by atoms with Gasteiger partial charge in [0.1, 0.15) is 0 Å². The van der Waals surface area contributed by atoms with Crippen LogP contribution in [0.1, 0.15) is 24.8 Å². The molecular formula is C11H17NO2S. The van der Waals surface area contributed by atoms with Gasteiger partial charge in [-0.2, -0.15) is 0 Å². The van der Waals surface area contributed by atoms with Crippen LogP contribution in [0.25, 0.3) is 0 Å². The Bertz CT molecular complexity index is 308. The first-order valence-corrected chi connectivity index (χ1v) is 5.82. The van der Waals surface area contributed by atoms with Crippen molar-refractivity contribution >= 4 is 17.3 Å². The molecule has 1 aromatic heterocycles. The zero-order chi connectivity index (χ0) is 11.4. The Balaban J connectivity index is 2.85. The molecule has 84 valence electrons. The minimum Gasteiger partial charge on any atom is -0.469 e. The normalized spacial score (nSPS) is 15.0. The van der Waals surface area contributed by atoms with Crippen LogP contribution in [0.2, 0.25) is 0 Å². The summed E-state index contributed by atoms with van der Waals surface area (Å²) >= 11 is 1.57. The van der Waals surface area contributed by atoms with E-state index in [9.17, 15) is 4.79 Å². The summed E-state index contributed by atoms with van der Waals surface area (Å²) in [4.78, 5) is 12.6. The van der Waals surface area contributed by atoms with E-state index in [0.29, 0.717) is 0 Å². The van der Waals surface area contributed by atoms with E-state index in [1.807, 2.05) is 31.4 Å². The third kappa shape index (κ3) is 2.79. The molecule has 2 N–H and O–H groups in total. The Morgan fingerprint density at radius 1 is 1.53 bits per heavy atom. The molecule has 1 rings (SSSR count). The number of carbonyl (C=O) groups excluding carboxylic acids is 1. The molecule has 0 saturated heterocycles. The fourth-order valence-corrected chi connectivity index (χ4v) is 2.40. The molecule has 1 heterocycles. The zero-order valence-corrected chi connectivity index (χ0v) is 10.1. The van der Waals surface area contributed by atoms with Gasteiger partial charge in [0.15, 0.2) is 0 Å². The van der Waals surface area contributed by atoms with E-state index >= 15 is 0 Å². The summed E-state index contributed by atoms with van der Waals surface area (Å²) in [5, 5.41) is 1.96. The van der Waals surface area contributed by atoms with Crippen molar-refractivity contribution < 1.29 is 9.53 Å². The standard InChI is InChI=1S/C11H17NO2S/c1-7(2)9(11(13)14-3)10(12)8-5-4-6-15-8/h4-7,9-10H,12H2,1-3H3. The highest BCUT2D eigenvalue weighted by Gasteiger charge is 2.30.